The van der Waals surface area contributed by atoms with Crippen LogP contribution in [0.25, 0.3) is 10.8 Å². The van der Waals surface area contributed by atoms with Gasteiger partial charge in [0.15, 0.2) is 10.8 Å². The summed E-state index contributed by atoms with van der Waals surface area (Å²) >= 11 is 1.31. The first kappa shape index (κ1) is 17.2. The topological polar surface area (TPSA) is 92.4 Å². The summed E-state index contributed by atoms with van der Waals surface area (Å²) in [6.07, 6.45) is 2.35. The first-order valence-electron chi connectivity index (χ1n) is 7.51. The molecule has 2 rings (SSSR count). The molecule has 0 aliphatic rings. The highest BCUT2D eigenvalue weighted by atomic mass is 32.1. The van der Waals surface area contributed by atoms with Crippen molar-refractivity contribution in [1.29, 1.82) is 0 Å². The van der Waals surface area contributed by atoms with Crippen LogP contribution in [0, 0.1) is 13.8 Å². The number of aryl methyl sites for hydroxylation is 2. The first-order chi connectivity index (χ1) is 11.0. The minimum absolute atomic E-state index is 0.146. The van der Waals surface area contributed by atoms with Crippen LogP contribution in [0.2, 0.25) is 0 Å². The molecule has 1 amide bonds. The third-order valence-electron chi connectivity index (χ3n) is 3.31. The molecule has 2 heterocycles. The van der Waals surface area contributed by atoms with Crippen molar-refractivity contribution < 1.29 is 19.1 Å². The summed E-state index contributed by atoms with van der Waals surface area (Å²) in [6, 6.07) is 3.71. The van der Waals surface area contributed by atoms with E-state index in [0.29, 0.717) is 34.3 Å². The van der Waals surface area contributed by atoms with E-state index < -0.39 is 5.97 Å². The number of aliphatic carboxylic acids is 1. The maximum atomic E-state index is 12.2. The lowest BCUT2D eigenvalue weighted by molar-refractivity contribution is -0.137. The Labute approximate surface area is 138 Å². The summed E-state index contributed by atoms with van der Waals surface area (Å²) in [6.45, 7) is 4.20. The number of aromatic nitrogens is 1. The Morgan fingerprint density at radius 3 is 2.70 bits per heavy atom. The van der Waals surface area contributed by atoms with Crippen LogP contribution in [-0.4, -0.2) is 28.5 Å². The van der Waals surface area contributed by atoms with Crippen molar-refractivity contribution in [1.82, 2.24) is 10.3 Å². The number of rotatable bonds is 8. The van der Waals surface area contributed by atoms with Crippen molar-refractivity contribution in [3.8, 4) is 10.8 Å². The number of nitrogens with one attached hydrogen (secondary N) is 1. The maximum absolute atomic E-state index is 12.2. The highest BCUT2D eigenvalue weighted by Gasteiger charge is 2.17. The van der Waals surface area contributed by atoms with E-state index in [9.17, 15) is 9.59 Å². The predicted octanol–water partition coefficient (Wildman–Crippen LogP) is 3.39. The van der Waals surface area contributed by atoms with Gasteiger partial charge in [-0.15, -0.1) is 11.3 Å². The fraction of sp³-hybridized carbons (Fsp3) is 0.438. The van der Waals surface area contributed by atoms with Crippen molar-refractivity contribution in [2.45, 2.75) is 39.5 Å². The molecule has 6 nitrogen and oxygen atoms in total. The van der Waals surface area contributed by atoms with Crippen LogP contribution in [-0.2, 0) is 4.79 Å². The Kier molecular flexibility index (Phi) is 5.92. The number of unbranched alkanes of at least 4 members (excludes halogenated alkanes) is 2. The van der Waals surface area contributed by atoms with Crippen molar-refractivity contribution in [2.75, 3.05) is 6.54 Å². The molecule has 0 atom stereocenters. The minimum Gasteiger partial charge on any atom is -0.481 e. The Balaban J connectivity index is 1.85. The largest absolute Gasteiger partial charge is 0.481 e. The number of carbonyl (C=O) groups excluding carboxylic acids is 1. The molecular weight excluding hydrogens is 316 g/mol. The van der Waals surface area contributed by atoms with Gasteiger partial charge in [0.1, 0.15) is 10.6 Å². The number of furan rings is 1. The van der Waals surface area contributed by atoms with E-state index in [2.05, 4.69) is 10.3 Å². The number of thiazole rings is 1. The summed E-state index contributed by atoms with van der Waals surface area (Å²) in [4.78, 5) is 27.6. The zero-order valence-electron chi connectivity index (χ0n) is 13.2. The molecule has 7 heteroatoms. The van der Waals surface area contributed by atoms with E-state index in [1.165, 1.54) is 11.3 Å². The van der Waals surface area contributed by atoms with Crippen LogP contribution in [0.5, 0.6) is 0 Å². The number of hydrogen-bond acceptors (Lipinski definition) is 5. The van der Waals surface area contributed by atoms with Gasteiger partial charge < -0.3 is 14.8 Å². The average molecular weight is 336 g/mol. The van der Waals surface area contributed by atoms with Crippen LogP contribution < -0.4 is 5.32 Å². The fourth-order valence-electron chi connectivity index (χ4n) is 2.12. The number of carbonyl (C=O) groups is 2. The van der Waals surface area contributed by atoms with Gasteiger partial charge in [-0.25, -0.2) is 4.98 Å². The molecule has 0 aromatic carbocycles. The summed E-state index contributed by atoms with van der Waals surface area (Å²) in [7, 11) is 0. The van der Waals surface area contributed by atoms with Crippen LogP contribution in [0.15, 0.2) is 16.5 Å². The van der Waals surface area contributed by atoms with Gasteiger partial charge >= 0.3 is 5.97 Å². The van der Waals surface area contributed by atoms with Gasteiger partial charge in [-0.2, -0.15) is 0 Å². The molecule has 0 aliphatic carbocycles. The molecule has 2 aromatic heterocycles. The molecule has 0 saturated heterocycles. The third-order valence-corrected chi connectivity index (χ3v) is 4.48. The average Bonchev–Trinajstić information content (AvgIpc) is 3.08. The highest BCUT2D eigenvalue weighted by molar-refractivity contribution is 7.17. The van der Waals surface area contributed by atoms with E-state index in [4.69, 9.17) is 9.52 Å². The number of amides is 1. The van der Waals surface area contributed by atoms with Crippen molar-refractivity contribution >= 4 is 23.2 Å². The molecule has 0 radical (unpaired) electrons. The molecule has 0 unspecified atom stereocenters. The van der Waals surface area contributed by atoms with E-state index >= 15 is 0 Å². The van der Waals surface area contributed by atoms with Crippen molar-refractivity contribution in [3.63, 3.8) is 0 Å². The SMILES string of the molecule is Cc1ccc(-c2nc(C)c(C(=O)NCCCCCC(=O)O)s2)o1. The molecular formula is C16H20N2O4S. The van der Waals surface area contributed by atoms with Crippen LogP contribution in [0.3, 0.4) is 0 Å². The molecule has 0 saturated carbocycles. The maximum Gasteiger partial charge on any atom is 0.303 e. The summed E-state index contributed by atoms with van der Waals surface area (Å²) < 4.78 is 5.53. The second kappa shape index (κ2) is 7.92. The summed E-state index contributed by atoms with van der Waals surface area (Å²) in [5.74, 6) is 0.548. The number of carboxylic acid groups (broad SMARTS) is 1. The van der Waals surface area contributed by atoms with Gasteiger partial charge in [-0.05, 0) is 38.8 Å². The number of nitrogens with zero attached hydrogens (tertiary/aromatic N) is 1. The van der Waals surface area contributed by atoms with Gasteiger partial charge in [-0.1, -0.05) is 6.42 Å². The van der Waals surface area contributed by atoms with Gasteiger partial charge in [0.25, 0.3) is 5.91 Å². The zero-order valence-corrected chi connectivity index (χ0v) is 14.0. The molecule has 2 aromatic rings. The molecule has 23 heavy (non-hydrogen) atoms. The minimum atomic E-state index is -0.782. The first-order valence-corrected chi connectivity index (χ1v) is 8.33. The van der Waals surface area contributed by atoms with Crippen molar-refractivity contribution in [2.24, 2.45) is 0 Å². The third kappa shape index (κ3) is 4.92. The summed E-state index contributed by atoms with van der Waals surface area (Å²) in [5.41, 5.74) is 0.683. The lowest BCUT2D eigenvalue weighted by Crippen LogP contribution is -2.24. The van der Waals surface area contributed by atoms with Crippen LogP contribution in [0.1, 0.15) is 46.8 Å². The lowest BCUT2D eigenvalue weighted by Gasteiger charge is -2.03. The second-order valence-electron chi connectivity index (χ2n) is 5.30. The molecule has 0 spiro atoms. The van der Waals surface area contributed by atoms with Crippen LogP contribution >= 0.6 is 11.3 Å². The quantitative estimate of drug-likeness (QED) is 0.721. The standard InChI is InChI=1S/C16H20N2O4S/c1-10-7-8-12(22-10)16-18-11(2)14(23-16)15(21)17-9-5-3-4-6-13(19)20/h7-8H,3-6,9H2,1-2H3,(H,17,21)(H,19,20). The molecule has 124 valence electrons. The Hall–Kier alpha value is -2.15. The normalized spacial score (nSPS) is 10.7. The van der Waals surface area contributed by atoms with E-state index in [0.717, 1.165) is 18.6 Å². The van der Waals surface area contributed by atoms with Gasteiger partial charge in [-0.3, -0.25) is 9.59 Å². The van der Waals surface area contributed by atoms with Gasteiger partial charge in [0.05, 0.1) is 5.69 Å². The van der Waals surface area contributed by atoms with Gasteiger partial charge in [0, 0.05) is 13.0 Å². The smallest absolute Gasteiger partial charge is 0.303 e. The second-order valence-corrected chi connectivity index (χ2v) is 6.30. The van der Waals surface area contributed by atoms with E-state index in [-0.39, 0.29) is 12.3 Å². The number of carboxylic acids is 1. The Bertz CT molecular complexity index is 690. The molecule has 2 N–H and O–H groups in total. The summed E-state index contributed by atoms with van der Waals surface area (Å²) in [5, 5.41) is 12.1. The van der Waals surface area contributed by atoms with Crippen LogP contribution in [0.4, 0.5) is 0 Å². The van der Waals surface area contributed by atoms with Gasteiger partial charge in [0.2, 0.25) is 0 Å². The zero-order chi connectivity index (χ0) is 16.8. The highest BCUT2D eigenvalue weighted by Crippen LogP contribution is 2.29. The lowest BCUT2D eigenvalue weighted by atomic mass is 10.2. The molecule has 0 aliphatic heterocycles. The van der Waals surface area contributed by atoms with E-state index in [1.807, 2.05) is 19.1 Å². The Morgan fingerprint density at radius 2 is 2.04 bits per heavy atom. The molecule has 0 fully saturated rings. The van der Waals surface area contributed by atoms with Crippen molar-refractivity contribution in [3.05, 3.63) is 28.5 Å². The monoisotopic (exact) mass is 336 g/mol. The molecule has 0 bridgehead atoms. The predicted molar refractivity (Wildman–Crippen MR) is 87.7 cm³/mol. The number of hydrogen-bond donors (Lipinski definition) is 2. The fourth-order valence-corrected chi connectivity index (χ4v) is 3.07. The Morgan fingerprint density at radius 1 is 1.26 bits per heavy atom. The van der Waals surface area contributed by atoms with E-state index in [1.54, 1.807) is 6.92 Å².